The fraction of sp³-hybridized carbons (Fsp3) is 0.261. The molecule has 1 amide bonds. The number of carbonyl (C=O) groups excluding carboxylic acids is 1. The molecule has 0 atom stereocenters. The standard InChI is InChI=1S/C23H25N5O/c1-18-4-2-6-21(14-18)27-10-12-28(13-11-27)22-8-7-20(17-25-22)23(29)26-16-19-5-3-9-24-15-19/h2-9,14-15,17H,10-13,16H2,1H3,(H,26,29). The lowest BCUT2D eigenvalue weighted by atomic mass is 10.2. The quantitative estimate of drug-likeness (QED) is 0.729. The number of rotatable bonds is 5. The number of piperazine rings is 1. The first-order valence-corrected chi connectivity index (χ1v) is 9.89. The molecule has 1 saturated heterocycles. The summed E-state index contributed by atoms with van der Waals surface area (Å²) in [4.78, 5) is 25.6. The van der Waals surface area contributed by atoms with Crippen molar-refractivity contribution in [3.8, 4) is 0 Å². The number of hydrogen-bond acceptors (Lipinski definition) is 5. The van der Waals surface area contributed by atoms with Crippen LogP contribution in [-0.4, -0.2) is 42.1 Å². The zero-order chi connectivity index (χ0) is 20.1. The van der Waals surface area contributed by atoms with E-state index in [2.05, 4.69) is 56.3 Å². The van der Waals surface area contributed by atoms with Gasteiger partial charge < -0.3 is 15.1 Å². The number of hydrogen-bond donors (Lipinski definition) is 1. The molecule has 4 rings (SSSR count). The average molecular weight is 387 g/mol. The van der Waals surface area contributed by atoms with E-state index in [0.29, 0.717) is 12.1 Å². The van der Waals surface area contributed by atoms with Crippen molar-refractivity contribution < 1.29 is 4.79 Å². The maximum absolute atomic E-state index is 12.3. The molecule has 0 radical (unpaired) electrons. The van der Waals surface area contributed by atoms with Crippen LogP contribution in [0.4, 0.5) is 11.5 Å². The molecule has 3 heterocycles. The number of carbonyl (C=O) groups is 1. The molecule has 1 aromatic carbocycles. The Hall–Kier alpha value is -3.41. The van der Waals surface area contributed by atoms with Gasteiger partial charge in [0.1, 0.15) is 5.82 Å². The van der Waals surface area contributed by atoms with Crippen LogP contribution in [0, 0.1) is 6.92 Å². The zero-order valence-electron chi connectivity index (χ0n) is 16.6. The predicted octanol–water partition coefficient (Wildman–Crippen LogP) is 3.04. The number of anilines is 2. The van der Waals surface area contributed by atoms with E-state index >= 15 is 0 Å². The lowest BCUT2D eigenvalue weighted by Crippen LogP contribution is -2.46. The molecule has 0 spiro atoms. The van der Waals surface area contributed by atoms with E-state index in [9.17, 15) is 4.79 Å². The third-order valence-corrected chi connectivity index (χ3v) is 5.16. The van der Waals surface area contributed by atoms with Crippen molar-refractivity contribution in [2.45, 2.75) is 13.5 Å². The Bertz CT molecular complexity index is 951. The van der Waals surface area contributed by atoms with Crippen LogP contribution in [0.5, 0.6) is 0 Å². The van der Waals surface area contributed by atoms with Crippen molar-refractivity contribution in [3.05, 3.63) is 83.8 Å². The smallest absolute Gasteiger partial charge is 0.253 e. The highest BCUT2D eigenvalue weighted by Gasteiger charge is 2.18. The number of nitrogens with zero attached hydrogens (tertiary/aromatic N) is 4. The van der Waals surface area contributed by atoms with Crippen LogP contribution < -0.4 is 15.1 Å². The SMILES string of the molecule is Cc1cccc(N2CCN(c3ccc(C(=O)NCc4cccnc4)cn3)CC2)c1. The van der Waals surface area contributed by atoms with Crippen molar-refractivity contribution in [2.75, 3.05) is 36.0 Å². The van der Waals surface area contributed by atoms with Gasteiger partial charge in [-0.3, -0.25) is 9.78 Å². The molecule has 2 aromatic heterocycles. The van der Waals surface area contributed by atoms with E-state index in [4.69, 9.17) is 0 Å². The molecule has 6 heteroatoms. The summed E-state index contributed by atoms with van der Waals surface area (Å²) in [6.07, 6.45) is 5.12. The Labute approximate surface area is 171 Å². The van der Waals surface area contributed by atoms with Crippen molar-refractivity contribution in [2.24, 2.45) is 0 Å². The summed E-state index contributed by atoms with van der Waals surface area (Å²) < 4.78 is 0. The van der Waals surface area contributed by atoms with Crippen LogP contribution in [0.3, 0.4) is 0 Å². The number of pyridine rings is 2. The molecule has 29 heavy (non-hydrogen) atoms. The molecule has 0 aliphatic carbocycles. The summed E-state index contributed by atoms with van der Waals surface area (Å²) in [6, 6.07) is 16.2. The Morgan fingerprint density at radius 2 is 1.83 bits per heavy atom. The van der Waals surface area contributed by atoms with Gasteiger partial charge in [0.05, 0.1) is 5.56 Å². The maximum atomic E-state index is 12.3. The molecule has 1 N–H and O–H groups in total. The predicted molar refractivity (Wildman–Crippen MR) is 115 cm³/mol. The van der Waals surface area contributed by atoms with Gasteiger partial charge in [-0.15, -0.1) is 0 Å². The van der Waals surface area contributed by atoms with Gasteiger partial charge >= 0.3 is 0 Å². The van der Waals surface area contributed by atoms with Crippen molar-refractivity contribution in [1.29, 1.82) is 0 Å². The van der Waals surface area contributed by atoms with Crippen molar-refractivity contribution in [1.82, 2.24) is 15.3 Å². The highest BCUT2D eigenvalue weighted by atomic mass is 16.1. The van der Waals surface area contributed by atoms with Crippen LogP contribution in [0.1, 0.15) is 21.5 Å². The molecular weight excluding hydrogens is 362 g/mol. The first kappa shape index (κ1) is 18.9. The van der Waals surface area contributed by atoms with Crippen molar-refractivity contribution in [3.63, 3.8) is 0 Å². The summed E-state index contributed by atoms with van der Waals surface area (Å²) in [5.74, 6) is 0.787. The minimum absolute atomic E-state index is 0.128. The van der Waals surface area contributed by atoms with Crippen LogP contribution in [0.2, 0.25) is 0 Å². The average Bonchev–Trinajstić information content (AvgIpc) is 2.78. The lowest BCUT2D eigenvalue weighted by molar-refractivity contribution is 0.0950. The van der Waals surface area contributed by atoms with Gasteiger partial charge in [-0.05, 0) is 48.4 Å². The molecule has 6 nitrogen and oxygen atoms in total. The molecule has 1 aliphatic heterocycles. The fourth-order valence-electron chi connectivity index (χ4n) is 3.51. The first-order chi connectivity index (χ1) is 14.2. The Morgan fingerprint density at radius 3 is 2.52 bits per heavy atom. The topological polar surface area (TPSA) is 61.4 Å². The van der Waals surface area contributed by atoms with Crippen molar-refractivity contribution >= 4 is 17.4 Å². The maximum Gasteiger partial charge on any atom is 0.253 e. The molecule has 148 valence electrons. The Balaban J connectivity index is 1.32. The third-order valence-electron chi connectivity index (χ3n) is 5.16. The summed E-state index contributed by atoms with van der Waals surface area (Å²) in [5, 5.41) is 2.90. The summed E-state index contributed by atoms with van der Waals surface area (Å²) >= 11 is 0. The minimum atomic E-state index is -0.128. The minimum Gasteiger partial charge on any atom is -0.368 e. The largest absolute Gasteiger partial charge is 0.368 e. The number of benzene rings is 1. The van der Waals surface area contributed by atoms with Crippen LogP contribution in [0.15, 0.2) is 67.1 Å². The van der Waals surface area contributed by atoms with Crippen LogP contribution in [0.25, 0.3) is 0 Å². The zero-order valence-corrected chi connectivity index (χ0v) is 16.6. The second-order valence-electron chi connectivity index (χ2n) is 7.26. The number of amides is 1. The van der Waals surface area contributed by atoms with Gasteiger partial charge in [0.25, 0.3) is 5.91 Å². The second-order valence-corrected chi connectivity index (χ2v) is 7.26. The van der Waals surface area contributed by atoms with E-state index in [0.717, 1.165) is 37.6 Å². The fourth-order valence-corrected chi connectivity index (χ4v) is 3.51. The summed E-state index contributed by atoms with van der Waals surface area (Å²) in [6.45, 7) is 6.31. The van der Waals surface area contributed by atoms with E-state index in [1.54, 1.807) is 18.6 Å². The Kier molecular flexibility index (Phi) is 5.70. The number of aromatic nitrogens is 2. The van der Waals surface area contributed by atoms with E-state index in [1.807, 2.05) is 24.3 Å². The highest BCUT2D eigenvalue weighted by Crippen LogP contribution is 2.20. The molecular formula is C23H25N5O. The first-order valence-electron chi connectivity index (χ1n) is 9.89. The molecule has 0 unspecified atom stereocenters. The van der Waals surface area contributed by atoms with E-state index < -0.39 is 0 Å². The molecule has 3 aromatic rings. The summed E-state index contributed by atoms with van der Waals surface area (Å²) in [7, 11) is 0. The lowest BCUT2D eigenvalue weighted by Gasteiger charge is -2.36. The van der Waals surface area contributed by atoms with Gasteiger partial charge in [0, 0.05) is 57.0 Å². The van der Waals surface area contributed by atoms with Gasteiger partial charge in [0.2, 0.25) is 0 Å². The second kappa shape index (κ2) is 8.73. The third kappa shape index (κ3) is 4.71. The van der Waals surface area contributed by atoms with Gasteiger partial charge in [-0.25, -0.2) is 4.98 Å². The Morgan fingerprint density at radius 1 is 1.00 bits per heavy atom. The molecule has 1 fully saturated rings. The van der Waals surface area contributed by atoms with E-state index in [-0.39, 0.29) is 5.91 Å². The normalized spacial score (nSPS) is 14.0. The molecule has 0 saturated carbocycles. The van der Waals surface area contributed by atoms with Gasteiger partial charge in [-0.1, -0.05) is 18.2 Å². The number of nitrogens with one attached hydrogen (secondary N) is 1. The van der Waals surface area contributed by atoms with Gasteiger partial charge in [-0.2, -0.15) is 0 Å². The van der Waals surface area contributed by atoms with E-state index in [1.165, 1.54) is 11.3 Å². The van der Waals surface area contributed by atoms with Crippen LogP contribution in [-0.2, 0) is 6.54 Å². The molecule has 0 bridgehead atoms. The summed E-state index contributed by atoms with van der Waals surface area (Å²) in [5.41, 5.74) is 4.09. The molecule has 1 aliphatic rings. The van der Waals surface area contributed by atoms with Gasteiger partial charge in [0.15, 0.2) is 0 Å². The number of aryl methyl sites for hydroxylation is 1. The highest BCUT2D eigenvalue weighted by molar-refractivity contribution is 5.94. The van der Waals surface area contributed by atoms with Crippen LogP contribution >= 0.6 is 0 Å². The monoisotopic (exact) mass is 387 g/mol.